The van der Waals surface area contributed by atoms with E-state index in [1.54, 1.807) is 18.3 Å². The van der Waals surface area contributed by atoms with E-state index in [0.29, 0.717) is 37.4 Å². The molecule has 0 saturated heterocycles. The van der Waals surface area contributed by atoms with Crippen molar-refractivity contribution >= 4 is 5.91 Å². The zero-order valence-corrected chi connectivity index (χ0v) is 12.4. The van der Waals surface area contributed by atoms with Gasteiger partial charge in [0.25, 0.3) is 5.91 Å². The van der Waals surface area contributed by atoms with Gasteiger partial charge in [0.1, 0.15) is 5.69 Å². The van der Waals surface area contributed by atoms with E-state index in [-0.39, 0.29) is 12.5 Å². The van der Waals surface area contributed by atoms with Gasteiger partial charge in [-0.2, -0.15) is 0 Å². The van der Waals surface area contributed by atoms with Crippen molar-refractivity contribution in [3.63, 3.8) is 0 Å². The van der Waals surface area contributed by atoms with Gasteiger partial charge in [0.05, 0.1) is 18.8 Å². The molecule has 0 bridgehead atoms. The first-order valence-corrected chi connectivity index (χ1v) is 7.20. The Morgan fingerprint density at radius 1 is 1.48 bits per heavy atom. The van der Waals surface area contributed by atoms with Crippen molar-refractivity contribution in [3.8, 4) is 11.8 Å². The Balaban J connectivity index is 2.48. The van der Waals surface area contributed by atoms with Crippen molar-refractivity contribution in [1.82, 2.24) is 10.3 Å². The maximum Gasteiger partial charge on any atom is 0.271 e. The van der Waals surface area contributed by atoms with Gasteiger partial charge < -0.3 is 15.2 Å². The van der Waals surface area contributed by atoms with Gasteiger partial charge in [0.15, 0.2) is 0 Å². The van der Waals surface area contributed by atoms with E-state index in [2.05, 4.69) is 29.1 Å². The fourth-order valence-corrected chi connectivity index (χ4v) is 1.57. The van der Waals surface area contributed by atoms with E-state index in [1.807, 2.05) is 0 Å². The van der Waals surface area contributed by atoms with Crippen LogP contribution in [0.5, 0.6) is 0 Å². The van der Waals surface area contributed by atoms with Crippen LogP contribution in [0.25, 0.3) is 0 Å². The molecule has 5 nitrogen and oxygen atoms in total. The molecule has 0 atom stereocenters. The fraction of sp³-hybridized carbons (Fsp3) is 0.500. The molecular weight excluding hydrogens is 268 g/mol. The number of ether oxygens (including phenoxy) is 1. The molecule has 0 radical (unpaired) electrons. The Kier molecular flexibility index (Phi) is 8.85. The van der Waals surface area contributed by atoms with Gasteiger partial charge in [0.2, 0.25) is 0 Å². The number of pyridine rings is 1. The van der Waals surface area contributed by atoms with Crippen LogP contribution in [-0.4, -0.2) is 42.4 Å². The molecule has 0 aliphatic carbocycles. The molecule has 1 rings (SSSR count). The number of aliphatic hydroxyl groups excluding tert-OH is 1. The number of hydrogen-bond donors (Lipinski definition) is 2. The van der Waals surface area contributed by atoms with Gasteiger partial charge >= 0.3 is 0 Å². The molecule has 21 heavy (non-hydrogen) atoms. The molecule has 0 spiro atoms. The number of hydrogen-bond acceptors (Lipinski definition) is 4. The second kappa shape index (κ2) is 10.8. The lowest BCUT2D eigenvalue weighted by Crippen LogP contribution is -2.28. The van der Waals surface area contributed by atoms with Crippen LogP contribution in [0.3, 0.4) is 0 Å². The molecule has 0 aliphatic heterocycles. The maximum absolute atomic E-state index is 12.0. The lowest BCUT2D eigenvalue weighted by Gasteiger charge is -2.06. The highest BCUT2D eigenvalue weighted by molar-refractivity contribution is 5.94. The van der Waals surface area contributed by atoms with Gasteiger partial charge in [-0.1, -0.05) is 25.2 Å². The number of unbranched alkanes of at least 4 members (excludes halogenated alkanes) is 1. The molecular formula is C16H22N2O3. The molecule has 1 heterocycles. The van der Waals surface area contributed by atoms with Crippen molar-refractivity contribution in [2.24, 2.45) is 0 Å². The number of aromatic nitrogens is 1. The van der Waals surface area contributed by atoms with Crippen LogP contribution in [0, 0.1) is 11.8 Å². The zero-order chi connectivity index (χ0) is 15.3. The van der Waals surface area contributed by atoms with Crippen molar-refractivity contribution in [3.05, 3.63) is 29.6 Å². The molecule has 1 amide bonds. The van der Waals surface area contributed by atoms with Gasteiger partial charge in [0, 0.05) is 25.8 Å². The summed E-state index contributed by atoms with van der Waals surface area (Å²) >= 11 is 0. The first-order chi connectivity index (χ1) is 10.3. The quantitative estimate of drug-likeness (QED) is 0.560. The lowest BCUT2D eigenvalue weighted by molar-refractivity contribution is 0.0908. The normalized spacial score (nSPS) is 9.81. The van der Waals surface area contributed by atoms with Crippen molar-refractivity contribution in [2.45, 2.75) is 26.2 Å². The van der Waals surface area contributed by atoms with Crippen LogP contribution in [-0.2, 0) is 4.74 Å². The smallest absolute Gasteiger partial charge is 0.271 e. The predicted molar refractivity (Wildman–Crippen MR) is 80.9 cm³/mol. The third kappa shape index (κ3) is 6.89. The average Bonchev–Trinajstić information content (AvgIpc) is 2.51. The molecule has 0 aromatic carbocycles. The average molecular weight is 290 g/mol. The summed E-state index contributed by atoms with van der Waals surface area (Å²) in [4.78, 5) is 16.1. The van der Waals surface area contributed by atoms with Crippen molar-refractivity contribution in [2.75, 3.05) is 26.4 Å². The molecule has 5 heteroatoms. The standard InChI is InChI=1S/C16H22N2O3/c1-2-3-12-21-13-10-18-16(20)15-14(7-4-5-11-19)8-6-9-17-15/h6,8-9,19H,2-3,5,10-13H2,1H3,(H,18,20). The van der Waals surface area contributed by atoms with Gasteiger partial charge in [-0.05, 0) is 18.6 Å². The summed E-state index contributed by atoms with van der Waals surface area (Å²) in [5.41, 5.74) is 0.867. The van der Waals surface area contributed by atoms with Crippen LogP contribution >= 0.6 is 0 Å². The molecule has 1 aromatic rings. The predicted octanol–water partition coefficient (Wildman–Crippen LogP) is 1.36. The summed E-state index contributed by atoms with van der Waals surface area (Å²) < 4.78 is 5.38. The van der Waals surface area contributed by atoms with Crippen LogP contribution in [0.15, 0.2) is 18.3 Å². The number of aliphatic hydroxyl groups is 1. The zero-order valence-electron chi connectivity index (χ0n) is 12.4. The molecule has 0 saturated carbocycles. The lowest BCUT2D eigenvalue weighted by atomic mass is 10.2. The summed E-state index contributed by atoms with van der Waals surface area (Å²) in [6.07, 6.45) is 4.06. The number of rotatable bonds is 8. The Labute approximate surface area is 125 Å². The van der Waals surface area contributed by atoms with E-state index in [1.165, 1.54) is 0 Å². The molecule has 0 fully saturated rings. The molecule has 2 N–H and O–H groups in total. The Morgan fingerprint density at radius 2 is 2.33 bits per heavy atom. The third-order valence-corrected chi connectivity index (χ3v) is 2.66. The van der Waals surface area contributed by atoms with Gasteiger partial charge in [-0.25, -0.2) is 4.98 Å². The van der Waals surface area contributed by atoms with Crippen LogP contribution in [0.1, 0.15) is 42.2 Å². The number of nitrogens with zero attached hydrogens (tertiary/aromatic N) is 1. The topological polar surface area (TPSA) is 71.5 Å². The summed E-state index contributed by atoms with van der Waals surface area (Å²) in [7, 11) is 0. The van der Waals surface area contributed by atoms with E-state index in [9.17, 15) is 4.79 Å². The minimum Gasteiger partial charge on any atom is -0.395 e. The molecule has 0 aliphatic rings. The Hall–Kier alpha value is -1.90. The van der Waals surface area contributed by atoms with E-state index >= 15 is 0 Å². The number of amides is 1. The number of nitrogens with one attached hydrogen (secondary N) is 1. The largest absolute Gasteiger partial charge is 0.395 e. The molecule has 0 unspecified atom stereocenters. The summed E-state index contributed by atoms with van der Waals surface area (Å²) in [6, 6.07) is 3.47. The first kappa shape index (κ1) is 17.2. The maximum atomic E-state index is 12.0. The Bertz CT molecular complexity index is 492. The Morgan fingerprint density at radius 3 is 3.10 bits per heavy atom. The summed E-state index contributed by atoms with van der Waals surface area (Å²) in [6.45, 7) is 3.76. The van der Waals surface area contributed by atoms with Crippen molar-refractivity contribution < 1.29 is 14.6 Å². The van der Waals surface area contributed by atoms with Crippen LogP contribution in [0.4, 0.5) is 0 Å². The number of carbonyl (C=O) groups excluding carboxylic acids is 1. The highest BCUT2D eigenvalue weighted by Gasteiger charge is 2.10. The summed E-state index contributed by atoms with van der Waals surface area (Å²) in [5.74, 6) is 5.38. The SMILES string of the molecule is CCCCOCCNC(=O)c1ncccc1C#CCCO. The molecule has 1 aromatic heterocycles. The fourth-order valence-electron chi connectivity index (χ4n) is 1.57. The molecule has 114 valence electrons. The van der Waals surface area contributed by atoms with Crippen molar-refractivity contribution in [1.29, 1.82) is 0 Å². The first-order valence-electron chi connectivity index (χ1n) is 7.20. The van der Waals surface area contributed by atoms with E-state index in [0.717, 1.165) is 12.8 Å². The third-order valence-electron chi connectivity index (χ3n) is 2.66. The van der Waals surface area contributed by atoms with Crippen LogP contribution < -0.4 is 5.32 Å². The minimum absolute atomic E-state index is 0.00386. The number of carbonyl (C=O) groups is 1. The van der Waals surface area contributed by atoms with E-state index < -0.39 is 0 Å². The van der Waals surface area contributed by atoms with Gasteiger partial charge in [-0.3, -0.25) is 4.79 Å². The highest BCUT2D eigenvalue weighted by atomic mass is 16.5. The highest BCUT2D eigenvalue weighted by Crippen LogP contribution is 2.03. The second-order valence-corrected chi connectivity index (χ2v) is 4.40. The summed E-state index contributed by atoms with van der Waals surface area (Å²) in [5, 5.41) is 11.5. The minimum atomic E-state index is -0.261. The monoisotopic (exact) mass is 290 g/mol. The second-order valence-electron chi connectivity index (χ2n) is 4.40. The van der Waals surface area contributed by atoms with E-state index in [4.69, 9.17) is 9.84 Å². The van der Waals surface area contributed by atoms with Crippen LogP contribution in [0.2, 0.25) is 0 Å². The van der Waals surface area contributed by atoms with Gasteiger partial charge in [-0.15, -0.1) is 0 Å².